The van der Waals surface area contributed by atoms with Crippen LogP contribution in [0.2, 0.25) is 0 Å². The fourth-order valence-electron chi connectivity index (χ4n) is 4.50. The Hall–Kier alpha value is -4.99. The second-order valence-electron chi connectivity index (χ2n) is 9.22. The first-order valence-corrected chi connectivity index (χ1v) is 12.7. The van der Waals surface area contributed by atoms with Crippen molar-refractivity contribution in [1.29, 1.82) is 5.26 Å². The highest BCUT2D eigenvalue weighted by molar-refractivity contribution is 5.97. The molecular weight excluding hydrogens is 486 g/mol. The van der Waals surface area contributed by atoms with Gasteiger partial charge in [0.1, 0.15) is 11.9 Å². The predicted octanol–water partition coefficient (Wildman–Crippen LogP) is 5.34. The average molecular weight is 518 g/mol. The normalized spacial score (nSPS) is 11.4. The summed E-state index contributed by atoms with van der Waals surface area (Å²) in [5, 5.41) is 15.0. The number of carbonyl (C=O) groups excluding carboxylic acids is 1. The number of nitrogens with zero attached hydrogens (tertiary/aromatic N) is 7. The Bertz CT molecular complexity index is 1640. The lowest BCUT2D eigenvalue weighted by molar-refractivity contribution is 0.0791. The van der Waals surface area contributed by atoms with E-state index in [2.05, 4.69) is 23.5 Å². The minimum absolute atomic E-state index is 0.0808. The zero-order valence-electron chi connectivity index (χ0n) is 22.7. The second-order valence-corrected chi connectivity index (χ2v) is 9.22. The number of rotatable bonds is 9. The van der Waals surface area contributed by atoms with Gasteiger partial charge < -0.3 is 9.80 Å². The van der Waals surface area contributed by atoms with Gasteiger partial charge >= 0.3 is 0 Å². The van der Waals surface area contributed by atoms with Crippen molar-refractivity contribution >= 4 is 22.6 Å². The Kier molecular flexibility index (Phi) is 8.35. The minimum atomic E-state index is -0.225. The molecule has 0 radical (unpaired) electrons. The third-order valence-corrected chi connectivity index (χ3v) is 6.50. The van der Waals surface area contributed by atoms with E-state index >= 15 is 0 Å². The van der Waals surface area contributed by atoms with E-state index in [9.17, 15) is 10.1 Å². The Morgan fingerprint density at radius 3 is 2.56 bits per heavy atom. The zero-order chi connectivity index (χ0) is 27.9. The molecule has 0 aliphatic heterocycles. The van der Waals surface area contributed by atoms with E-state index in [-0.39, 0.29) is 12.5 Å². The van der Waals surface area contributed by atoms with Crippen molar-refractivity contribution in [2.75, 3.05) is 11.9 Å². The van der Waals surface area contributed by atoms with Crippen LogP contribution in [0.25, 0.3) is 10.9 Å². The molecule has 0 saturated heterocycles. The molecule has 0 aliphatic rings. The van der Waals surface area contributed by atoms with Gasteiger partial charge in [-0.05, 0) is 43.2 Å². The zero-order valence-corrected chi connectivity index (χ0v) is 22.7. The van der Waals surface area contributed by atoms with Crippen LogP contribution in [-0.2, 0) is 26.6 Å². The molecule has 2 heterocycles. The number of aryl methyl sites for hydroxylation is 2. The third kappa shape index (κ3) is 5.96. The van der Waals surface area contributed by atoms with Crippen molar-refractivity contribution in [3.63, 3.8) is 0 Å². The monoisotopic (exact) mass is 517 g/mol. The molecular formula is C31H31N7O. The van der Waals surface area contributed by atoms with Crippen molar-refractivity contribution < 1.29 is 4.79 Å². The van der Waals surface area contributed by atoms with Gasteiger partial charge in [-0.15, -0.1) is 5.73 Å². The van der Waals surface area contributed by atoms with E-state index in [0.29, 0.717) is 35.6 Å². The first-order valence-electron chi connectivity index (χ1n) is 12.7. The maximum atomic E-state index is 14.0. The topological polar surface area (TPSA) is 90.9 Å². The summed E-state index contributed by atoms with van der Waals surface area (Å²) >= 11 is 0. The van der Waals surface area contributed by atoms with Crippen LogP contribution in [0, 0.1) is 11.3 Å². The number of hydrogen-bond acceptors (Lipinski definition) is 6. The molecule has 2 aromatic carbocycles. The van der Waals surface area contributed by atoms with Crippen LogP contribution in [0.5, 0.6) is 0 Å². The molecule has 8 heteroatoms. The van der Waals surface area contributed by atoms with Gasteiger partial charge in [-0.25, -0.2) is 9.97 Å². The summed E-state index contributed by atoms with van der Waals surface area (Å²) < 4.78 is 1.77. The number of allylic oxidation sites excluding steroid dienone is 3. The minimum Gasteiger partial charge on any atom is -0.355 e. The summed E-state index contributed by atoms with van der Waals surface area (Å²) in [5.74, 6) is 0.981. The van der Waals surface area contributed by atoms with Gasteiger partial charge in [0.15, 0.2) is 5.82 Å². The smallest absolute Gasteiger partial charge is 0.258 e. The quantitative estimate of drug-likeness (QED) is 0.169. The first kappa shape index (κ1) is 27.1. The van der Waals surface area contributed by atoms with E-state index in [4.69, 9.17) is 9.97 Å². The van der Waals surface area contributed by atoms with Crippen molar-refractivity contribution in [1.82, 2.24) is 24.6 Å². The van der Waals surface area contributed by atoms with Gasteiger partial charge in [-0.1, -0.05) is 43.8 Å². The molecule has 196 valence electrons. The molecule has 0 unspecified atom stereocenters. The largest absolute Gasteiger partial charge is 0.355 e. The van der Waals surface area contributed by atoms with Gasteiger partial charge in [-0.2, -0.15) is 10.4 Å². The lowest BCUT2D eigenvalue weighted by Crippen LogP contribution is -2.31. The van der Waals surface area contributed by atoms with Crippen LogP contribution < -0.4 is 4.90 Å². The SMILES string of the molecule is C=C=C/C(C#N)=C(\C)N(Cc1nc(N(C)Cc2cnn(C)c2)c2ccccc2n1)C(=O)c1ccccc1CC. The number of amides is 1. The van der Waals surface area contributed by atoms with E-state index in [1.54, 1.807) is 16.5 Å². The fourth-order valence-corrected chi connectivity index (χ4v) is 4.50. The molecule has 2 aromatic heterocycles. The molecule has 4 rings (SSSR count). The van der Waals surface area contributed by atoms with Crippen molar-refractivity contribution in [3.8, 4) is 6.07 Å². The van der Waals surface area contributed by atoms with Crippen LogP contribution in [0.1, 0.15) is 41.2 Å². The molecule has 39 heavy (non-hydrogen) atoms. The van der Waals surface area contributed by atoms with Gasteiger partial charge in [0.25, 0.3) is 5.91 Å². The van der Waals surface area contributed by atoms with Crippen LogP contribution >= 0.6 is 0 Å². The molecule has 0 bridgehead atoms. The van der Waals surface area contributed by atoms with Gasteiger partial charge in [0.05, 0.1) is 23.8 Å². The number of aromatic nitrogens is 4. The summed E-state index contributed by atoms with van der Waals surface area (Å²) in [5.41, 5.74) is 6.75. The highest BCUT2D eigenvalue weighted by Crippen LogP contribution is 2.26. The van der Waals surface area contributed by atoms with E-state index in [1.165, 1.54) is 6.08 Å². The molecule has 0 saturated carbocycles. The summed E-state index contributed by atoms with van der Waals surface area (Å²) in [6.45, 7) is 8.04. The number of carbonyl (C=O) groups is 1. The summed E-state index contributed by atoms with van der Waals surface area (Å²) in [4.78, 5) is 27.3. The van der Waals surface area contributed by atoms with E-state index in [1.807, 2.05) is 86.8 Å². The molecule has 1 amide bonds. The average Bonchev–Trinajstić information content (AvgIpc) is 3.37. The maximum absolute atomic E-state index is 14.0. The summed E-state index contributed by atoms with van der Waals surface area (Å²) in [7, 11) is 3.86. The molecule has 0 atom stereocenters. The summed E-state index contributed by atoms with van der Waals surface area (Å²) in [6.07, 6.45) is 5.98. The van der Waals surface area contributed by atoms with Crippen LogP contribution in [0.3, 0.4) is 0 Å². The molecule has 4 aromatic rings. The Balaban J connectivity index is 1.82. The van der Waals surface area contributed by atoms with Crippen LogP contribution in [0.4, 0.5) is 5.82 Å². The number of nitriles is 1. The number of benzene rings is 2. The van der Waals surface area contributed by atoms with E-state index < -0.39 is 0 Å². The lowest BCUT2D eigenvalue weighted by Gasteiger charge is -2.26. The van der Waals surface area contributed by atoms with Crippen molar-refractivity contribution in [2.45, 2.75) is 33.4 Å². The Labute approximate surface area is 228 Å². The first-order chi connectivity index (χ1) is 18.9. The number of para-hydroxylation sites is 1. The van der Waals surface area contributed by atoms with Gasteiger partial charge in [0, 0.05) is 49.0 Å². The number of fused-ring (bicyclic) bond motifs is 1. The molecule has 0 spiro atoms. The van der Waals surface area contributed by atoms with Crippen molar-refractivity contribution in [2.24, 2.45) is 7.05 Å². The number of anilines is 1. The molecule has 0 aliphatic carbocycles. The standard InChI is InChI=1S/C31H31N7O/c1-6-12-25(17-32)22(3)38(31(39)26-14-9-8-13-24(26)7-2)21-29-34-28-16-11-10-15-27(28)30(35-29)36(4)19-23-18-33-37(5)20-23/h8-16,18,20H,1,7,19,21H2,2-5H3/b25-22-. The Morgan fingerprint density at radius 2 is 1.87 bits per heavy atom. The predicted molar refractivity (Wildman–Crippen MR) is 153 cm³/mol. The van der Waals surface area contributed by atoms with Gasteiger partial charge in [0.2, 0.25) is 0 Å². The highest BCUT2D eigenvalue weighted by atomic mass is 16.2. The molecule has 8 nitrogen and oxygen atoms in total. The van der Waals surface area contributed by atoms with Crippen LogP contribution in [0.15, 0.2) is 90.6 Å². The highest BCUT2D eigenvalue weighted by Gasteiger charge is 2.24. The fraction of sp³-hybridized carbons (Fsp3) is 0.226. The van der Waals surface area contributed by atoms with Crippen LogP contribution in [-0.4, -0.2) is 37.6 Å². The molecule has 0 N–H and O–H groups in total. The van der Waals surface area contributed by atoms with Crippen molar-refractivity contribution in [3.05, 3.63) is 113 Å². The molecule has 0 fully saturated rings. The summed E-state index contributed by atoms with van der Waals surface area (Å²) in [6, 6.07) is 17.5. The third-order valence-electron chi connectivity index (χ3n) is 6.50. The lowest BCUT2D eigenvalue weighted by atomic mass is 10.0. The second kappa shape index (κ2) is 12.0. The van der Waals surface area contributed by atoms with E-state index in [0.717, 1.165) is 27.8 Å². The van der Waals surface area contributed by atoms with Gasteiger partial charge in [-0.3, -0.25) is 9.48 Å². The Morgan fingerprint density at radius 1 is 1.13 bits per heavy atom. The maximum Gasteiger partial charge on any atom is 0.258 e. The number of hydrogen-bond donors (Lipinski definition) is 0.